The molecule has 0 unspecified atom stereocenters. The highest BCUT2D eigenvalue weighted by atomic mass is 79.9. The van der Waals surface area contributed by atoms with Gasteiger partial charge in [-0.3, -0.25) is 0 Å². The Kier molecular flexibility index (Phi) is 2.14. The molecular formula is C9H7BrN2O. The number of hydrogen-bond donors (Lipinski definition) is 0. The molecule has 0 aliphatic rings. The number of halogens is 1. The molecule has 0 fully saturated rings. The molecule has 13 heavy (non-hydrogen) atoms. The molecule has 2 aromatic rings. The summed E-state index contributed by atoms with van der Waals surface area (Å²) in [6.45, 7) is 0. The van der Waals surface area contributed by atoms with Crippen LogP contribution in [0.2, 0.25) is 0 Å². The van der Waals surface area contributed by atoms with Gasteiger partial charge in [0.25, 0.3) is 0 Å². The van der Waals surface area contributed by atoms with Crippen LogP contribution in [0.4, 0.5) is 0 Å². The quantitative estimate of drug-likeness (QED) is 0.766. The molecule has 4 heteroatoms. The van der Waals surface area contributed by atoms with E-state index in [4.69, 9.17) is 4.74 Å². The summed E-state index contributed by atoms with van der Waals surface area (Å²) in [4.78, 5) is 8.09. The summed E-state index contributed by atoms with van der Waals surface area (Å²) in [5.74, 6) is 0.784. The van der Waals surface area contributed by atoms with Crippen molar-refractivity contribution in [2.45, 2.75) is 0 Å². The minimum atomic E-state index is 0.784. The van der Waals surface area contributed by atoms with Crippen LogP contribution in [0.25, 0.3) is 10.9 Å². The lowest BCUT2D eigenvalue weighted by Crippen LogP contribution is -1.87. The van der Waals surface area contributed by atoms with Crippen LogP contribution in [-0.4, -0.2) is 17.1 Å². The van der Waals surface area contributed by atoms with Crippen molar-refractivity contribution in [3.05, 3.63) is 29.1 Å². The molecule has 1 heterocycles. The molecule has 0 amide bonds. The number of ether oxygens (including phenoxy) is 1. The minimum Gasteiger partial charge on any atom is -0.495 e. The van der Waals surface area contributed by atoms with Crippen molar-refractivity contribution < 1.29 is 4.74 Å². The van der Waals surface area contributed by atoms with E-state index in [2.05, 4.69) is 25.9 Å². The lowest BCUT2D eigenvalue weighted by molar-refractivity contribution is 0.413. The number of fused-ring (bicyclic) bond motifs is 1. The summed E-state index contributed by atoms with van der Waals surface area (Å²) >= 11 is 3.43. The van der Waals surface area contributed by atoms with E-state index in [1.165, 1.54) is 6.33 Å². The van der Waals surface area contributed by atoms with Gasteiger partial charge in [-0.15, -0.1) is 0 Å². The van der Waals surface area contributed by atoms with Gasteiger partial charge in [-0.2, -0.15) is 0 Å². The number of hydrogen-bond acceptors (Lipinski definition) is 3. The molecule has 0 radical (unpaired) electrons. The molecule has 1 aromatic carbocycles. The second-order valence-electron chi connectivity index (χ2n) is 2.54. The average Bonchev–Trinajstić information content (AvgIpc) is 2.19. The van der Waals surface area contributed by atoms with Crippen molar-refractivity contribution in [2.75, 3.05) is 7.11 Å². The molecule has 1 aromatic heterocycles. The highest BCUT2D eigenvalue weighted by molar-refractivity contribution is 9.10. The van der Waals surface area contributed by atoms with Gasteiger partial charge in [0, 0.05) is 11.6 Å². The molecule has 66 valence electrons. The van der Waals surface area contributed by atoms with Gasteiger partial charge in [0.1, 0.15) is 12.1 Å². The third-order valence-electron chi connectivity index (χ3n) is 1.80. The molecule has 0 aliphatic carbocycles. The Balaban J connectivity index is 2.79. The minimum absolute atomic E-state index is 0.784. The van der Waals surface area contributed by atoms with Crippen molar-refractivity contribution in [3.8, 4) is 5.75 Å². The lowest BCUT2D eigenvalue weighted by atomic mass is 10.2. The normalized spacial score (nSPS) is 10.3. The molecule has 0 spiro atoms. The Morgan fingerprint density at radius 3 is 3.00 bits per heavy atom. The van der Waals surface area contributed by atoms with E-state index in [1.807, 2.05) is 12.1 Å². The molecule has 0 atom stereocenters. The average molecular weight is 239 g/mol. The molecule has 0 aliphatic heterocycles. The first-order chi connectivity index (χ1) is 6.33. The van der Waals surface area contributed by atoms with Crippen molar-refractivity contribution >= 4 is 26.8 Å². The maximum absolute atomic E-state index is 5.15. The fraction of sp³-hybridized carbons (Fsp3) is 0.111. The van der Waals surface area contributed by atoms with Crippen LogP contribution < -0.4 is 4.74 Å². The van der Waals surface area contributed by atoms with Crippen LogP contribution >= 0.6 is 15.9 Å². The van der Waals surface area contributed by atoms with E-state index in [9.17, 15) is 0 Å². The Morgan fingerprint density at radius 2 is 2.23 bits per heavy atom. The smallest absolute Gasteiger partial charge is 0.135 e. The number of aromatic nitrogens is 2. The van der Waals surface area contributed by atoms with E-state index in [0.29, 0.717) is 0 Å². The highest BCUT2D eigenvalue weighted by Gasteiger charge is 2.05. The first kappa shape index (κ1) is 8.44. The summed E-state index contributed by atoms with van der Waals surface area (Å²) in [5, 5.41) is 0.996. The summed E-state index contributed by atoms with van der Waals surface area (Å²) in [6, 6.07) is 3.81. The predicted octanol–water partition coefficient (Wildman–Crippen LogP) is 2.40. The Labute approximate surface area is 83.9 Å². The third-order valence-corrected chi connectivity index (χ3v) is 2.57. The molecule has 3 nitrogen and oxygen atoms in total. The van der Waals surface area contributed by atoms with Gasteiger partial charge in [0.15, 0.2) is 0 Å². The van der Waals surface area contributed by atoms with Crippen LogP contribution in [0, 0.1) is 0 Å². The van der Waals surface area contributed by atoms with E-state index in [-0.39, 0.29) is 0 Å². The summed E-state index contributed by atoms with van der Waals surface area (Å²) in [6.07, 6.45) is 3.29. The van der Waals surface area contributed by atoms with Crippen LogP contribution in [0.1, 0.15) is 0 Å². The maximum atomic E-state index is 5.15. The number of rotatable bonds is 1. The number of benzene rings is 1. The maximum Gasteiger partial charge on any atom is 0.135 e. The molecular weight excluding hydrogens is 232 g/mol. The molecule has 0 N–H and O–H groups in total. The van der Waals surface area contributed by atoms with Crippen LogP contribution in [0.3, 0.4) is 0 Å². The molecule has 0 saturated heterocycles. The Hall–Kier alpha value is -1.16. The number of methoxy groups -OCH3 is 1. The van der Waals surface area contributed by atoms with Gasteiger partial charge in [-0.05, 0) is 28.1 Å². The Morgan fingerprint density at radius 1 is 1.38 bits per heavy atom. The van der Waals surface area contributed by atoms with Gasteiger partial charge in [-0.1, -0.05) is 0 Å². The first-order valence-corrected chi connectivity index (χ1v) is 4.54. The van der Waals surface area contributed by atoms with Gasteiger partial charge in [0.2, 0.25) is 0 Å². The predicted molar refractivity (Wildman–Crippen MR) is 53.8 cm³/mol. The van der Waals surface area contributed by atoms with Crippen LogP contribution in [0.15, 0.2) is 29.1 Å². The SMILES string of the molecule is COc1ccc2cncnc2c1Br. The second-order valence-corrected chi connectivity index (χ2v) is 3.34. The van der Waals surface area contributed by atoms with E-state index < -0.39 is 0 Å². The summed E-state index contributed by atoms with van der Waals surface area (Å²) < 4.78 is 6.02. The van der Waals surface area contributed by atoms with Crippen molar-refractivity contribution in [1.29, 1.82) is 0 Å². The zero-order valence-electron chi connectivity index (χ0n) is 6.99. The highest BCUT2D eigenvalue weighted by Crippen LogP contribution is 2.30. The zero-order chi connectivity index (χ0) is 9.26. The van der Waals surface area contributed by atoms with Crippen molar-refractivity contribution in [1.82, 2.24) is 9.97 Å². The zero-order valence-corrected chi connectivity index (χ0v) is 8.58. The first-order valence-electron chi connectivity index (χ1n) is 3.75. The summed E-state index contributed by atoms with van der Waals surface area (Å²) in [5.41, 5.74) is 0.870. The topological polar surface area (TPSA) is 35.0 Å². The van der Waals surface area contributed by atoms with Crippen molar-refractivity contribution in [3.63, 3.8) is 0 Å². The van der Waals surface area contributed by atoms with Crippen LogP contribution in [-0.2, 0) is 0 Å². The fourth-order valence-electron chi connectivity index (χ4n) is 1.16. The standard InChI is InChI=1S/C9H7BrN2O/c1-13-7-3-2-6-4-11-5-12-9(6)8(7)10/h2-5H,1H3. The van der Waals surface area contributed by atoms with E-state index >= 15 is 0 Å². The molecule has 0 saturated carbocycles. The molecule has 2 rings (SSSR count). The molecule has 0 bridgehead atoms. The van der Waals surface area contributed by atoms with Crippen molar-refractivity contribution in [2.24, 2.45) is 0 Å². The largest absolute Gasteiger partial charge is 0.495 e. The van der Waals surface area contributed by atoms with Gasteiger partial charge in [-0.25, -0.2) is 9.97 Å². The van der Waals surface area contributed by atoms with E-state index in [1.54, 1.807) is 13.3 Å². The summed E-state index contributed by atoms with van der Waals surface area (Å²) in [7, 11) is 1.63. The van der Waals surface area contributed by atoms with E-state index in [0.717, 1.165) is 21.1 Å². The second kappa shape index (κ2) is 3.30. The monoisotopic (exact) mass is 238 g/mol. The third kappa shape index (κ3) is 1.37. The fourth-order valence-corrected chi connectivity index (χ4v) is 1.78. The van der Waals surface area contributed by atoms with Gasteiger partial charge >= 0.3 is 0 Å². The Bertz CT molecular complexity index is 445. The lowest BCUT2D eigenvalue weighted by Gasteiger charge is -2.04. The number of nitrogens with zero attached hydrogens (tertiary/aromatic N) is 2. The van der Waals surface area contributed by atoms with Crippen LogP contribution in [0.5, 0.6) is 5.75 Å². The van der Waals surface area contributed by atoms with Gasteiger partial charge < -0.3 is 4.74 Å². The van der Waals surface area contributed by atoms with Gasteiger partial charge in [0.05, 0.1) is 17.1 Å².